The first kappa shape index (κ1) is 15.2. The predicted octanol–water partition coefficient (Wildman–Crippen LogP) is 1.37. The molecule has 0 bridgehead atoms. The Kier molecular flexibility index (Phi) is 6.05. The number of para-hydroxylation sites is 1. The molecule has 0 unspecified atom stereocenters. The Hall–Kier alpha value is -1.85. The Morgan fingerprint density at radius 2 is 2.11 bits per heavy atom. The van der Waals surface area contributed by atoms with E-state index in [-0.39, 0.29) is 19.1 Å². The molecule has 0 saturated carbocycles. The molecule has 0 aliphatic carbocycles. The number of aliphatic carboxylic acids is 1. The monoisotopic (exact) mass is 266 g/mol. The van der Waals surface area contributed by atoms with Gasteiger partial charge in [0.15, 0.2) is 0 Å². The minimum Gasteiger partial charge on any atom is -0.491 e. The number of benzene rings is 1. The molecule has 0 heterocycles. The molecule has 5 nitrogen and oxygen atoms in total. The number of carbonyl (C=O) groups is 1. The number of carboxylic acids is 1. The second-order valence-corrected chi connectivity index (χ2v) is 4.11. The van der Waals surface area contributed by atoms with E-state index in [1.807, 2.05) is 0 Å². The summed E-state index contributed by atoms with van der Waals surface area (Å²) >= 11 is 0. The van der Waals surface area contributed by atoms with E-state index in [1.54, 1.807) is 31.2 Å². The molecule has 0 fully saturated rings. The molecule has 104 valence electrons. The molecular weight excluding hydrogens is 248 g/mol. The summed E-state index contributed by atoms with van der Waals surface area (Å²) in [5.41, 5.74) is 0.568. The number of aliphatic hydroxyl groups excluding tert-OH is 2. The van der Waals surface area contributed by atoms with Crippen LogP contribution in [0.1, 0.15) is 18.6 Å². The highest BCUT2D eigenvalue weighted by molar-refractivity contribution is 5.79. The molecule has 0 radical (unpaired) electrons. The van der Waals surface area contributed by atoms with Gasteiger partial charge in [0, 0.05) is 17.6 Å². The topological polar surface area (TPSA) is 87.0 Å². The lowest BCUT2D eigenvalue weighted by Crippen LogP contribution is -2.11. The maximum absolute atomic E-state index is 10.5. The van der Waals surface area contributed by atoms with Crippen LogP contribution in [0.2, 0.25) is 0 Å². The van der Waals surface area contributed by atoms with Crippen molar-refractivity contribution in [2.45, 2.75) is 13.0 Å². The molecule has 0 aliphatic rings. The van der Waals surface area contributed by atoms with Gasteiger partial charge in [0.25, 0.3) is 0 Å². The summed E-state index contributed by atoms with van der Waals surface area (Å²) in [6.07, 6.45) is 1.56. The van der Waals surface area contributed by atoms with E-state index in [1.165, 1.54) is 6.08 Å². The lowest BCUT2D eigenvalue weighted by Gasteiger charge is -2.19. The molecule has 0 aromatic heterocycles. The molecular formula is C14H18O5. The van der Waals surface area contributed by atoms with E-state index in [0.717, 1.165) is 6.08 Å². The Balaban J connectivity index is 2.85. The van der Waals surface area contributed by atoms with E-state index < -0.39 is 12.1 Å². The molecule has 1 aromatic rings. The van der Waals surface area contributed by atoms with Crippen LogP contribution in [0.15, 0.2) is 36.4 Å². The van der Waals surface area contributed by atoms with Crippen molar-refractivity contribution < 1.29 is 24.9 Å². The van der Waals surface area contributed by atoms with Gasteiger partial charge in [-0.2, -0.15) is 0 Å². The van der Waals surface area contributed by atoms with Crippen molar-refractivity contribution in [1.29, 1.82) is 0 Å². The van der Waals surface area contributed by atoms with Crippen molar-refractivity contribution in [2.24, 2.45) is 5.92 Å². The normalized spacial score (nSPS) is 14.3. The smallest absolute Gasteiger partial charge is 0.327 e. The van der Waals surface area contributed by atoms with E-state index in [0.29, 0.717) is 11.3 Å². The lowest BCUT2D eigenvalue weighted by atomic mass is 9.96. The van der Waals surface area contributed by atoms with E-state index in [2.05, 4.69) is 0 Å². The summed E-state index contributed by atoms with van der Waals surface area (Å²) in [6.45, 7) is 1.74. The minimum absolute atomic E-state index is 0.112. The molecule has 3 N–H and O–H groups in total. The van der Waals surface area contributed by atoms with Gasteiger partial charge in [-0.15, -0.1) is 0 Å². The fourth-order valence-electron chi connectivity index (χ4n) is 1.63. The van der Waals surface area contributed by atoms with Crippen LogP contribution in [0.4, 0.5) is 0 Å². The van der Waals surface area contributed by atoms with Gasteiger partial charge in [-0.3, -0.25) is 0 Å². The Morgan fingerprint density at radius 1 is 1.42 bits per heavy atom. The van der Waals surface area contributed by atoms with E-state index >= 15 is 0 Å². The molecule has 1 aromatic carbocycles. The number of hydrogen-bond donors (Lipinski definition) is 3. The summed E-state index contributed by atoms with van der Waals surface area (Å²) in [5, 5.41) is 27.5. The molecule has 5 heteroatoms. The van der Waals surface area contributed by atoms with Crippen LogP contribution in [-0.4, -0.2) is 34.5 Å². The van der Waals surface area contributed by atoms with Crippen molar-refractivity contribution in [1.82, 2.24) is 0 Å². The lowest BCUT2D eigenvalue weighted by molar-refractivity contribution is -0.131. The van der Waals surface area contributed by atoms with Crippen LogP contribution in [0.3, 0.4) is 0 Å². The van der Waals surface area contributed by atoms with E-state index in [4.69, 9.17) is 14.9 Å². The third-order valence-corrected chi connectivity index (χ3v) is 2.63. The first-order chi connectivity index (χ1) is 9.06. The van der Waals surface area contributed by atoms with Gasteiger partial charge in [-0.05, 0) is 6.07 Å². The molecule has 2 atom stereocenters. The zero-order chi connectivity index (χ0) is 14.3. The summed E-state index contributed by atoms with van der Waals surface area (Å²) in [7, 11) is 0. The zero-order valence-corrected chi connectivity index (χ0v) is 10.7. The molecule has 0 spiro atoms. The van der Waals surface area contributed by atoms with E-state index in [9.17, 15) is 9.90 Å². The highest BCUT2D eigenvalue weighted by Crippen LogP contribution is 2.30. The Morgan fingerprint density at radius 3 is 2.74 bits per heavy atom. The third kappa shape index (κ3) is 4.73. The van der Waals surface area contributed by atoms with Crippen molar-refractivity contribution >= 4 is 5.97 Å². The first-order valence-electron chi connectivity index (χ1n) is 5.98. The van der Waals surface area contributed by atoms with Crippen molar-refractivity contribution in [3.05, 3.63) is 42.0 Å². The van der Waals surface area contributed by atoms with Crippen LogP contribution < -0.4 is 4.74 Å². The van der Waals surface area contributed by atoms with Crippen LogP contribution in [0, 0.1) is 5.92 Å². The number of carboxylic acid groups (broad SMARTS) is 1. The maximum atomic E-state index is 10.5. The summed E-state index contributed by atoms with van der Waals surface area (Å²) in [6, 6.07) is 6.93. The van der Waals surface area contributed by atoms with Crippen molar-refractivity contribution in [3.8, 4) is 5.75 Å². The van der Waals surface area contributed by atoms with Crippen LogP contribution >= 0.6 is 0 Å². The second kappa shape index (κ2) is 7.56. The number of ether oxygens (including phenoxy) is 1. The van der Waals surface area contributed by atoms with Gasteiger partial charge in [-0.25, -0.2) is 4.79 Å². The molecule has 1 rings (SSSR count). The van der Waals surface area contributed by atoms with Crippen LogP contribution in [-0.2, 0) is 4.79 Å². The average molecular weight is 266 g/mol. The van der Waals surface area contributed by atoms with Gasteiger partial charge < -0.3 is 20.1 Å². The zero-order valence-electron chi connectivity index (χ0n) is 10.7. The number of aliphatic hydroxyl groups is 2. The highest BCUT2D eigenvalue weighted by Gasteiger charge is 2.18. The second-order valence-electron chi connectivity index (χ2n) is 4.11. The van der Waals surface area contributed by atoms with Crippen LogP contribution in [0.25, 0.3) is 0 Å². The standard InChI is InChI=1S/C14H18O5/c1-10(6-7-13(16)17)14(18)11-4-2-3-5-12(11)19-9-8-15/h2-7,10,14-15,18H,8-9H2,1H3,(H,16,17)/b7-6+/t10-,14+/m1/s1. The molecule has 19 heavy (non-hydrogen) atoms. The molecule has 0 amide bonds. The van der Waals surface area contributed by atoms with Gasteiger partial charge in [0.1, 0.15) is 12.4 Å². The molecule has 0 aliphatic heterocycles. The summed E-state index contributed by atoms with van der Waals surface area (Å²) in [4.78, 5) is 10.5. The minimum atomic E-state index is -1.05. The van der Waals surface area contributed by atoms with Crippen LogP contribution in [0.5, 0.6) is 5.75 Å². The quantitative estimate of drug-likeness (QED) is 0.649. The van der Waals surface area contributed by atoms with Gasteiger partial charge in [0.05, 0.1) is 12.7 Å². The predicted molar refractivity (Wildman–Crippen MR) is 69.9 cm³/mol. The van der Waals surface area contributed by atoms with Crippen molar-refractivity contribution in [3.63, 3.8) is 0 Å². The summed E-state index contributed by atoms with van der Waals surface area (Å²) < 4.78 is 5.33. The largest absolute Gasteiger partial charge is 0.491 e. The maximum Gasteiger partial charge on any atom is 0.327 e. The number of rotatable bonds is 7. The van der Waals surface area contributed by atoms with Crippen molar-refractivity contribution in [2.75, 3.05) is 13.2 Å². The Bertz CT molecular complexity index is 441. The van der Waals surface area contributed by atoms with Gasteiger partial charge >= 0.3 is 5.97 Å². The van der Waals surface area contributed by atoms with Gasteiger partial charge in [0.2, 0.25) is 0 Å². The Labute approximate surface area is 111 Å². The SMILES string of the molecule is C[C@H](/C=C/C(=O)O)[C@H](O)c1ccccc1OCCO. The summed E-state index contributed by atoms with van der Waals surface area (Å²) in [5.74, 6) is -0.932. The fourth-order valence-corrected chi connectivity index (χ4v) is 1.63. The van der Waals surface area contributed by atoms with Gasteiger partial charge in [-0.1, -0.05) is 31.2 Å². The highest BCUT2D eigenvalue weighted by atomic mass is 16.5. The number of hydrogen-bond acceptors (Lipinski definition) is 4. The molecule has 0 saturated heterocycles. The first-order valence-corrected chi connectivity index (χ1v) is 5.98. The average Bonchev–Trinajstić information content (AvgIpc) is 2.42. The fraction of sp³-hybridized carbons (Fsp3) is 0.357. The third-order valence-electron chi connectivity index (χ3n) is 2.63.